The molecule has 3 aromatic rings. The van der Waals surface area contributed by atoms with Crippen LogP contribution in [0.5, 0.6) is 0 Å². The average Bonchev–Trinajstić information content (AvgIpc) is 2.63. The fraction of sp³-hybridized carbons (Fsp3) is 0.0455. The summed E-state index contributed by atoms with van der Waals surface area (Å²) in [5.41, 5.74) is 3.95. The Morgan fingerprint density at radius 1 is 0.920 bits per heavy atom. The highest BCUT2D eigenvalue weighted by Gasteiger charge is 2.03. The molecule has 0 amide bonds. The monoisotopic (exact) mass is 347 g/mol. The molecule has 0 aliphatic rings. The zero-order valence-electron chi connectivity index (χ0n) is 13.9. The van der Waals surface area contributed by atoms with Crippen LogP contribution in [-0.4, -0.2) is 5.71 Å². The van der Waals surface area contributed by atoms with Crippen LogP contribution in [0.15, 0.2) is 100 Å². The van der Waals surface area contributed by atoms with Crippen LogP contribution in [0.1, 0.15) is 11.1 Å². The lowest BCUT2D eigenvalue weighted by Crippen LogP contribution is -1.96. The maximum atomic E-state index is 13.8. The second-order valence-electron chi connectivity index (χ2n) is 5.55. The van der Waals surface area contributed by atoms with Crippen LogP contribution >= 0.6 is 11.8 Å². The maximum absolute atomic E-state index is 13.8. The third-order valence-electron chi connectivity index (χ3n) is 3.58. The first-order chi connectivity index (χ1) is 12.2. The SMILES string of the molecule is Cc1cccc(C(C=CSc2ccccc2F)=Nc2ccccc2)c1. The van der Waals surface area contributed by atoms with E-state index in [9.17, 15) is 4.39 Å². The van der Waals surface area contributed by atoms with Crippen LogP contribution < -0.4 is 0 Å². The molecule has 0 aromatic heterocycles. The Morgan fingerprint density at radius 3 is 2.44 bits per heavy atom. The first-order valence-corrected chi connectivity index (χ1v) is 8.89. The Bertz CT molecular complexity index is 901. The fourth-order valence-electron chi connectivity index (χ4n) is 2.36. The smallest absolute Gasteiger partial charge is 0.137 e. The lowest BCUT2D eigenvalue weighted by molar-refractivity contribution is 0.602. The van der Waals surface area contributed by atoms with Gasteiger partial charge < -0.3 is 0 Å². The molecule has 0 atom stereocenters. The Kier molecular flexibility index (Phi) is 5.81. The zero-order chi connectivity index (χ0) is 17.5. The quantitative estimate of drug-likeness (QED) is 0.376. The standard InChI is InChI=1S/C22H18FNS/c1-17-8-7-9-18(16-17)21(24-19-10-3-2-4-11-19)14-15-25-22-13-6-5-12-20(22)23/h2-16H,1H3. The van der Waals surface area contributed by atoms with Gasteiger partial charge in [0.1, 0.15) is 5.82 Å². The highest BCUT2D eigenvalue weighted by atomic mass is 32.2. The van der Waals surface area contributed by atoms with Gasteiger partial charge in [0.25, 0.3) is 0 Å². The van der Waals surface area contributed by atoms with Crippen molar-refractivity contribution in [2.24, 2.45) is 4.99 Å². The molecule has 1 nitrogen and oxygen atoms in total. The van der Waals surface area contributed by atoms with Gasteiger partial charge in [0.15, 0.2) is 0 Å². The first kappa shape index (κ1) is 17.2. The van der Waals surface area contributed by atoms with Gasteiger partial charge in [-0.15, -0.1) is 0 Å². The molecular weight excluding hydrogens is 329 g/mol. The predicted octanol–water partition coefficient (Wildman–Crippen LogP) is 6.56. The van der Waals surface area contributed by atoms with Gasteiger partial charge in [0, 0.05) is 10.5 Å². The van der Waals surface area contributed by atoms with E-state index in [4.69, 9.17) is 4.99 Å². The number of para-hydroxylation sites is 1. The minimum Gasteiger partial charge on any atom is -0.248 e. The van der Waals surface area contributed by atoms with E-state index in [1.165, 1.54) is 23.4 Å². The van der Waals surface area contributed by atoms with Gasteiger partial charge >= 0.3 is 0 Å². The van der Waals surface area contributed by atoms with Crippen molar-refractivity contribution in [2.75, 3.05) is 0 Å². The topological polar surface area (TPSA) is 12.4 Å². The molecule has 0 saturated heterocycles. The molecule has 0 saturated carbocycles. The van der Waals surface area contributed by atoms with Crippen molar-refractivity contribution in [2.45, 2.75) is 11.8 Å². The second-order valence-corrected chi connectivity index (χ2v) is 6.50. The molecular formula is C22H18FNS. The summed E-state index contributed by atoms with van der Waals surface area (Å²) in [5, 5.41) is 1.88. The maximum Gasteiger partial charge on any atom is 0.137 e. The van der Waals surface area contributed by atoms with Gasteiger partial charge in [0.05, 0.1) is 11.4 Å². The third-order valence-corrected chi connectivity index (χ3v) is 4.43. The number of benzene rings is 3. The van der Waals surface area contributed by atoms with Gasteiger partial charge in [-0.3, -0.25) is 0 Å². The summed E-state index contributed by atoms with van der Waals surface area (Å²) >= 11 is 1.35. The Morgan fingerprint density at radius 2 is 1.68 bits per heavy atom. The van der Waals surface area contributed by atoms with Crippen molar-refractivity contribution in [3.8, 4) is 0 Å². The van der Waals surface area contributed by atoms with Crippen molar-refractivity contribution < 1.29 is 4.39 Å². The molecule has 0 heterocycles. The van der Waals surface area contributed by atoms with Gasteiger partial charge in [-0.25, -0.2) is 9.38 Å². The number of aliphatic imine (C=N–C) groups is 1. The zero-order valence-corrected chi connectivity index (χ0v) is 14.7. The van der Waals surface area contributed by atoms with Gasteiger partial charge in [-0.05, 0) is 48.7 Å². The number of aryl methyl sites for hydroxylation is 1. The van der Waals surface area contributed by atoms with E-state index in [2.05, 4.69) is 19.1 Å². The van der Waals surface area contributed by atoms with E-state index in [1.54, 1.807) is 12.1 Å². The highest BCUT2D eigenvalue weighted by Crippen LogP contribution is 2.23. The molecule has 0 bridgehead atoms. The van der Waals surface area contributed by atoms with Crippen LogP contribution in [0.25, 0.3) is 0 Å². The van der Waals surface area contributed by atoms with E-state index < -0.39 is 0 Å². The minimum atomic E-state index is -0.214. The molecule has 25 heavy (non-hydrogen) atoms. The number of rotatable bonds is 5. The van der Waals surface area contributed by atoms with Crippen LogP contribution in [0.4, 0.5) is 10.1 Å². The normalized spacial score (nSPS) is 11.8. The number of hydrogen-bond donors (Lipinski definition) is 0. The Hall–Kier alpha value is -2.65. The Labute approximate surface area is 151 Å². The molecule has 0 fully saturated rings. The van der Waals surface area contributed by atoms with Crippen molar-refractivity contribution in [3.05, 3.63) is 107 Å². The number of hydrogen-bond acceptors (Lipinski definition) is 2. The summed E-state index contributed by atoms with van der Waals surface area (Å²) in [6.07, 6.45) is 1.93. The average molecular weight is 347 g/mol. The number of thioether (sulfide) groups is 1. The van der Waals surface area contributed by atoms with E-state index in [-0.39, 0.29) is 5.82 Å². The molecule has 0 radical (unpaired) electrons. The van der Waals surface area contributed by atoms with Crippen molar-refractivity contribution in [1.82, 2.24) is 0 Å². The van der Waals surface area contributed by atoms with E-state index in [1.807, 2.05) is 60.0 Å². The molecule has 0 unspecified atom stereocenters. The molecule has 3 aromatic carbocycles. The number of halogens is 1. The minimum absolute atomic E-state index is 0.214. The molecule has 0 aliphatic carbocycles. The molecule has 3 heteroatoms. The van der Waals surface area contributed by atoms with Crippen molar-refractivity contribution >= 4 is 23.2 Å². The summed E-state index contributed by atoms with van der Waals surface area (Å²) in [5.74, 6) is -0.214. The molecule has 3 rings (SSSR count). The van der Waals surface area contributed by atoms with Crippen LogP contribution in [0, 0.1) is 12.7 Å². The summed E-state index contributed by atoms with van der Waals surface area (Å²) in [7, 11) is 0. The summed E-state index contributed by atoms with van der Waals surface area (Å²) < 4.78 is 13.8. The third kappa shape index (κ3) is 4.91. The van der Waals surface area contributed by atoms with Crippen LogP contribution in [0.2, 0.25) is 0 Å². The second kappa shape index (κ2) is 8.45. The van der Waals surface area contributed by atoms with E-state index in [0.717, 1.165) is 17.0 Å². The molecule has 0 aliphatic heterocycles. The summed E-state index contributed by atoms with van der Waals surface area (Å²) in [6.45, 7) is 2.06. The van der Waals surface area contributed by atoms with E-state index >= 15 is 0 Å². The first-order valence-electron chi connectivity index (χ1n) is 8.01. The summed E-state index contributed by atoms with van der Waals surface area (Å²) in [6, 6.07) is 24.8. The molecule has 124 valence electrons. The number of allylic oxidation sites excluding steroid dienone is 1. The van der Waals surface area contributed by atoms with Crippen molar-refractivity contribution in [3.63, 3.8) is 0 Å². The van der Waals surface area contributed by atoms with Crippen LogP contribution in [0.3, 0.4) is 0 Å². The fourth-order valence-corrected chi connectivity index (χ4v) is 3.04. The van der Waals surface area contributed by atoms with Crippen molar-refractivity contribution in [1.29, 1.82) is 0 Å². The Balaban J connectivity index is 1.90. The molecule has 0 N–H and O–H groups in total. The van der Waals surface area contributed by atoms with Gasteiger partial charge in [0.2, 0.25) is 0 Å². The molecule has 0 spiro atoms. The highest BCUT2D eigenvalue weighted by molar-refractivity contribution is 8.02. The predicted molar refractivity (Wildman–Crippen MR) is 105 cm³/mol. The van der Waals surface area contributed by atoms with E-state index in [0.29, 0.717) is 4.90 Å². The number of nitrogens with zero attached hydrogens (tertiary/aromatic N) is 1. The van der Waals surface area contributed by atoms with Gasteiger partial charge in [-0.2, -0.15) is 0 Å². The van der Waals surface area contributed by atoms with Crippen LogP contribution in [-0.2, 0) is 0 Å². The summed E-state index contributed by atoms with van der Waals surface area (Å²) in [4.78, 5) is 5.35. The largest absolute Gasteiger partial charge is 0.248 e. The van der Waals surface area contributed by atoms with Gasteiger partial charge in [-0.1, -0.05) is 65.9 Å². The lowest BCUT2D eigenvalue weighted by Gasteiger charge is -2.04. The lowest BCUT2D eigenvalue weighted by atomic mass is 10.1.